The van der Waals surface area contributed by atoms with Crippen LogP contribution in [0.2, 0.25) is 5.02 Å². The van der Waals surface area contributed by atoms with Gasteiger partial charge in [0.1, 0.15) is 6.61 Å². The second-order valence-electron chi connectivity index (χ2n) is 4.03. The predicted octanol–water partition coefficient (Wildman–Crippen LogP) is 2.55. The van der Waals surface area contributed by atoms with E-state index < -0.39 is 0 Å². The molecule has 1 aromatic carbocycles. The van der Waals surface area contributed by atoms with E-state index in [2.05, 4.69) is 4.98 Å². The number of fused-ring (bicyclic) bond motifs is 1. The summed E-state index contributed by atoms with van der Waals surface area (Å²) in [5.74, 6) is -0.384. The molecule has 0 fully saturated rings. The second kappa shape index (κ2) is 4.82. The topological polar surface area (TPSA) is 59.2 Å². The summed E-state index contributed by atoms with van der Waals surface area (Å²) in [5, 5.41) is 1.36. The Bertz CT molecular complexity index is 676. The molecule has 18 heavy (non-hydrogen) atoms. The van der Waals surface area contributed by atoms with Crippen molar-refractivity contribution in [1.82, 2.24) is 4.98 Å². The Morgan fingerprint density at radius 2 is 2.17 bits per heavy atom. The van der Waals surface area contributed by atoms with Crippen molar-refractivity contribution < 1.29 is 9.53 Å². The smallest absolute Gasteiger partial charge is 0.302 e. The first-order valence-electron chi connectivity index (χ1n) is 5.43. The number of halogens is 1. The molecule has 0 aliphatic carbocycles. The Morgan fingerprint density at radius 1 is 1.44 bits per heavy atom. The number of carbonyl (C=O) groups is 1. The van der Waals surface area contributed by atoms with Gasteiger partial charge >= 0.3 is 5.97 Å². The van der Waals surface area contributed by atoms with E-state index in [0.29, 0.717) is 21.7 Å². The van der Waals surface area contributed by atoms with Gasteiger partial charge < -0.3 is 9.72 Å². The minimum atomic E-state index is -0.384. The summed E-state index contributed by atoms with van der Waals surface area (Å²) in [6.45, 7) is 3.09. The minimum absolute atomic E-state index is 0.0714. The van der Waals surface area contributed by atoms with E-state index >= 15 is 0 Å². The monoisotopic (exact) mass is 265 g/mol. The highest BCUT2D eigenvalue weighted by Gasteiger charge is 2.10. The minimum Gasteiger partial charge on any atom is -0.461 e. The molecule has 1 heterocycles. The molecule has 2 rings (SSSR count). The number of hydrogen-bond donors (Lipinski definition) is 1. The summed E-state index contributed by atoms with van der Waals surface area (Å²) >= 11 is 5.95. The molecule has 0 aliphatic heterocycles. The van der Waals surface area contributed by atoms with Crippen molar-refractivity contribution in [2.75, 3.05) is 0 Å². The number of aromatic nitrogens is 1. The largest absolute Gasteiger partial charge is 0.461 e. The molecule has 94 valence electrons. The lowest BCUT2D eigenvalue weighted by molar-refractivity contribution is -0.142. The van der Waals surface area contributed by atoms with Crippen LogP contribution in [0.1, 0.15) is 18.1 Å². The Morgan fingerprint density at radius 3 is 2.83 bits per heavy atom. The number of nitrogens with one attached hydrogen (secondary N) is 1. The average molecular weight is 266 g/mol. The number of aromatic amines is 1. The number of rotatable bonds is 2. The second-order valence-corrected chi connectivity index (χ2v) is 4.46. The number of hydrogen-bond acceptors (Lipinski definition) is 3. The predicted molar refractivity (Wildman–Crippen MR) is 69.8 cm³/mol. The lowest BCUT2D eigenvalue weighted by Crippen LogP contribution is -2.14. The number of H-pyrrole nitrogens is 1. The Balaban J connectivity index is 2.66. The third-order valence-corrected chi connectivity index (χ3v) is 3.00. The van der Waals surface area contributed by atoms with Gasteiger partial charge in [0.25, 0.3) is 5.56 Å². The average Bonchev–Trinajstić information content (AvgIpc) is 2.30. The van der Waals surface area contributed by atoms with E-state index in [1.54, 1.807) is 25.1 Å². The highest BCUT2D eigenvalue weighted by Crippen LogP contribution is 2.22. The first-order valence-corrected chi connectivity index (χ1v) is 5.81. The van der Waals surface area contributed by atoms with Gasteiger partial charge in [0.2, 0.25) is 0 Å². The van der Waals surface area contributed by atoms with Gasteiger partial charge in [-0.05, 0) is 25.1 Å². The van der Waals surface area contributed by atoms with Gasteiger partial charge in [-0.15, -0.1) is 0 Å². The summed E-state index contributed by atoms with van der Waals surface area (Å²) in [7, 11) is 0. The van der Waals surface area contributed by atoms with E-state index in [-0.39, 0.29) is 18.1 Å². The first kappa shape index (κ1) is 12.6. The lowest BCUT2D eigenvalue weighted by atomic mass is 10.1. The maximum atomic E-state index is 11.8. The third kappa shape index (κ3) is 2.38. The molecule has 0 atom stereocenters. The van der Waals surface area contributed by atoms with Crippen LogP contribution in [0.3, 0.4) is 0 Å². The lowest BCUT2D eigenvalue weighted by Gasteiger charge is -2.10. The zero-order valence-corrected chi connectivity index (χ0v) is 10.8. The van der Waals surface area contributed by atoms with Crippen LogP contribution in [-0.2, 0) is 16.1 Å². The fraction of sp³-hybridized carbons (Fsp3) is 0.231. The summed E-state index contributed by atoms with van der Waals surface area (Å²) in [6.07, 6.45) is 0. The first-order chi connectivity index (χ1) is 8.49. The zero-order chi connectivity index (χ0) is 13.3. The van der Waals surface area contributed by atoms with Crippen molar-refractivity contribution in [3.8, 4) is 0 Å². The summed E-state index contributed by atoms with van der Waals surface area (Å²) in [4.78, 5) is 25.4. The van der Waals surface area contributed by atoms with Crippen LogP contribution in [0.4, 0.5) is 0 Å². The van der Waals surface area contributed by atoms with Crippen LogP contribution in [0, 0.1) is 6.92 Å². The molecule has 0 spiro atoms. The maximum Gasteiger partial charge on any atom is 0.302 e. The Kier molecular flexibility index (Phi) is 3.39. The standard InChI is InChI=1S/C13H12ClNO3/c1-7-11(6-18-8(2)16)10-5-9(14)3-4-12(10)15-13(7)17/h3-5H,6H2,1-2H3,(H,15,17). The molecule has 4 nitrogen and oxygen atoms in total. The van der Waals surface area contributed by atoms with Crippen molar-refractivity contribution >= 4 is 28.5 Å². The number of ether oxygens (including phenoxy) is 1. The van der Waals surface area contributed by atoms with Gasteiger partial charge in [-0.3, -0.25) is 9.59 Å². The van der Waals surface area contributed by atoms with Gasteiger partial charge in [-0.1, -0.05) is 11.6 Å². The van der Waals surface area contributed by atoms with Crippen LogP contribution in [0.5, 0.6) is 0 Å². The Labute approximate surface area is 109 Å². The van der Waals surface area contributed by atoms with Crippen molar-refractivity contribution in [2.24, 2.45) is 0 Å². The van der Waals surface area contributed by atoms with Crippen LogP contribution in [0.25, 0.3) is 10.9 Å². The highest BCUT2D eigenvalue weighted by atomic mass is 35.5. The van der Waals surface area contributed by atoms with Crippen LogP contribution < -0.4 is 5.56 Å². The molecular weight excluding hydrogens is 254 g/mol. The molecule has 0 radical (unpaired) electrons. The van der Waals surface area contributed by atoms with Gasteiger partial charge in [0, 0.05) is 34.0 Å². The van der Waals surface area contributed by atoms with Gasteiger partial charge in [0.05, 0.1) is 0 Å². The molecule has 0 bridgehead atoms. The quantitative estimate of drug-likeness (QED) is 0.849. The van der Waals surface area contributed by atoms with E-state index in [9.17, 15) is 9.59 Å². The number of benzene rings is 1. The molecular formula is C13H12ClNO3. The molecule has 0 amide bonds. The molecule has 1 aromatic heterocycles. The van der Waals surface area contributed by atoms with Crippen molar-refractivity contribution in [3.05, 3.63) is 44.7 Å². The SMILES string of the molecule is CC(=O)OCc1c(C)c(=O)[nH]c2ccc(Cl)cc12. The van der Waals surface area contributed by atoms with Gasteiger partial charge in [0.15, 0.2) is 0 Å². The third-order valence-electron chi connectivity index (χ3n) is 2.77. The summed E-state index contributed by atoms with van der Waals surface area (Å²) in [6, 6.07) is 5.18. The fourth-order valence-electron chi connectivity index (χ4n) is 1.79. The summed E-state index contributed by atoms with van der Waals surface area (Å²) in [5.41, 5.74) is 1.71. The van der Waals surface area contributed by atoms with E-state index in [4.69, 9.17) is 16.3 Å². The molecule has 0 saturated heterocycles. The Hall–Kier alpha value is -1.81. The maximum absolute atomic E-state index is 11.8. The number of pyridine rings is 1. The van der Waals surface area contributed by atoms with E-state index in [1.807, 2.05) is 0 Å². The number of carbonyl (C=O) groups excluding carboxylic acids is 1. The van der Waals surface area contributed by atoms with Crippen molar-refractivity contribution in [2.45, 2.75) is 20.5 Å². The molecule has 0 unspecified atom stereocenters. The van der Waals surface area contributed by atoms with E-state index in [0.717, 1.165) is 5.39 Å². The number of esters is 1. The van der Waals surface area contributed by atoms with Crippen LogP contribution in [0.15, 0.2) is 23.0 Å². The van der Waals surface area contributed by atoms with E-state index in [1.165, 1.54) is 6.92 Å². The summed E-state index contributed by atoms with van der Waals surface area (Å²) < 4.78 is 4.98. The van der Waals surface area contributed by atoms with Gasteiger partial charge in [-0.2, -0.15) is 0 Å². The van der Waals surface area contributed by atoms with Gasteiger partial charge in [-0.25, -0.2) is 0 Å². The molecule has 1 N–H and O–H groups in total. The van der Waals surface area contributed by atoms with Crippen LogP contribution >= 0.6 is 11.6 Å². The molecule has 0 saturated carbocycles. The zero-order valence-electron chi connectivity index (χ0n) is 10.0. The molecule has 5 heteroatoms. The highest BCUT2D eigenvalue weighted by molar-refractivity contribution is 6.31. The van der Waals surface area contributed by atoms with Crippen molar-refractivity contribution in [1.29, 1.82) is 0 Å². The molecule has 2 aromatic rings. The normalized spacial score (nSPS) is 10.6. The molecule has 0 aliphatic rings. The van der Waals surface area contributed by atoms with Crippen LogP contribution in [-0.4, -0.2) is 11.0 Å². The fourth-order valence-corrected chi connectivity index (χ4v) is 1.96. The van der Waals surface area contributed by atoms with Crippen molar-refractivity contribution in [3.63, 3.8) is 0 Å².